The Labute approximate surface area is 168 Å². The van der Waals surface area contributed by atoms with Crippen LogP contribution in [0.2, 0.25) is 9.20 Å². The Morgan fingerprint density at radius 1 is 1.33 bits per heavy atom. The van der Waals surface area contributed by atoms with Crippen LogP contribution in [0.15, 0.2) is 37.5 Å². The van der Waals surface area contributed by atoms with Crippen LogP contribution in [0.4, 0.5) is 4.39 Å². The third-order valence-corrected chi connectivity index (χ3v) is 10.8. The van der Waals surface area contributed by atoms with Gasteiger partial charge in [-0.3, -0.25) is 0 Å². The number of hydrogen-bond acceptors (Lipinski definition) is 4. The molecule has 7 nitrogen and oxygen atoms in total. The van der Waals surface area contributed by atoms with Crippen LogP contribution in [0, 0.1) is 5.82 Å². The number of carbonyl (C=O) groups is 3. The first-order chi connectivity index (χ1) is 12.8. The van der Waals surface area contributed by atoms with Crippen molar-refractivity contribution >= 4 is 50.8 Å². The van der Waals surface area contributed by atoms with E-state index < -0.39 is 57.6 Å². The molecule has 5 N–H and O–H groups in total. The molecule has 1 aromatic carbocycles. The molecule has 1 aromatic rings. The van der Waals surface area contributed by atoms with Crippen molar-refractivity contribution in [3.05, 3.63) is 53.9 Å². The van der Waals surface area contributed by atoms with E-state index in [0.717, 1.165) is 0 Å². The summed E-state index contributed by atoms with van der Waals surface area (Å²) in [4.78, 5) is 35.4. The topological polar surface area (TPSA) is 122 Å². The molecule has 0 unspecified atom stereocenters. The first-order valence-electron chi connectivity index (χ1n) is 8.12. The standard InChI is InChI=1S/C12H13ClFN2O3.C5H5NO.In/c1-7(18)16-10(6-17)12(19)15-5-8-3-2-4-9(13)11(8)14;1-3-4(2)5(6)7;/h2-4,10,17H,1,5-6H2,(H,15,19)(H,16,18);1-3H,(H2,6,7);/t10-;;/m0../s1. The molecule has 10 heteroatoms. The Balaban J connectivity index is 1.87. The summed E-state index contributed by atoms with van der Waals surface area (Å²) < 4.78 is 17.6. The monoisotopic (exact) mass is 497 g/mol. The number of aliphatic hydroxyl groups excluding tert-OH is 1. The molecule has 1 heterocycles. The molecule has 0 radical (unpaired) electrons. The van der Waals surface area contributed by atoms with Crippen molar-refractivity contribution < 1.29 is 23.9 Å². The number of carbonyl (C=O) groups excluding carboxylic acids is 3. The van der Waals surface area contributed by atoms with Gasteiger partial charge in [-0.05, 0) is 0 Å². The molecular weight excluding hydrogens is 479 g/mol. The van der Waals surface area contributed by atoms with Crippen LogP contribution in [-0.4, -0.2) is 56.9 Å². The van der Waals surface area contributed by atoms with E-state index in [0.29, 0.717) is 5.57 Å². The summed E-state index contributed by atoms with van der Waals surface area (Å²) in [5.41, 5.74) is 5.78. The number of nitrogens with one attached hydrogen (secondary N) is 2. The maximum atomic E-state index is 13.8. The number of aliphatic hydroxyl groups is 1. The van der Waals surface area contributed by atoms with E-state index >= 15 is 0 Å². The first kappa shape index (κ1) is 21.5. The van der Waals surface area contributed by atoms with Crippen LogP contribution < -0.4 is 16.4 Å². The fourth-order valence-electron chi connectivity index (χ4n) is 2.51. The summed E-state index contributed by atoms with van der Waals surface area (Å²) in [5, 5.41) is 14.2. The van der Waals surface area contributed by atoms with Crippen LogP contribution in [-0.2, 0) is 20.9 Å². The second-order valence-corrected chi connectivity index (χ2v) is 13.4. The average Bonchev–Trinajstić information content (AvgIpc) is 3.09. The molecule has 3 amide bonds. The van der Waals surface area contributed by atoms with Crippen molar-refractivity contribution in [2.75, 3.05) is 6.61 Å². The number of halogens is 2. The second kappa shape index (κ2) is 9.91. The summed E-state index contributed by atoms with van der Waals surface area (Å²) in [5.74, 6) is -2.21. The second-order valence-electron chi connectivity index (χ2n) is 5.95. The van der Waals surface area contributed by atoms with Crippen LogP contribution in [0.25, 0.3) is 0 Å². The van der Waals surface area contributed by atoms with Crippen molar-refractivity contribution in [3.63, 3.8) is 0 Å². The SMILES string of the molecule is NC(=O)C1=[CH][In]([CH2]C(=O)N[C@@H](CO)C(=O)NCc2cccc(Cl)c2F)[CH]=C1. The van der Waals surface area contributed by atoms with Crippen LogP contribution in [0.5, 0.6) is 0 Å². The van der Waals surface area contributed by atoms with Crippen molar-refractivity contribution in [1.82, 2.24) is 10.6 Å². The van der Waals surface area contributed by atoms with Crippen molar-refractivity contribution in [3.8, 4) is 0 Å². The number of rotatable bonds is 8. The van der Waals surface area contributed by atoms with Gasteiger partial charge in [0.05, 0.1) is 0 Å². The Morgan fingerprint density at radius 2 is 2.07 bits per heavy atom. The predicted molar refractivity (Wildman–Crippen MR) is 99.3 cm³/mol. The molecule has 2 rings (SSSR count). The number of benzene rings is 1. The first-order valence-corrected chi connectivity index (χ1v) is 14.6. The zero-order chi connectivity index (χ0) is 20.0. The van der Waals surface area contributed by atoms with Gasteiger partial charge in [-0.1, -0.05) is 0 Å². The molecule has 0 aromatic heterocycles. The zero-order valence-electron chi connectivity index (χ0n) is 14.2. The zero-order valence-corrected chi connectivity index (χ0v) is 18.3. The number of primary amides is 1. The van der Waals surface area contributed by atoms with E-state index in [9.17, 15) is 23.9 Å². The normalized spacial score (nSPS) is 13.9. The summed E-state index contributed by atoms with van der Waals surface area (Å²) >= 11 is 3.18. The Bertz CT molecular complexity index is 815. The number of hydrogen-bond donors (Lipinski definition) is 4. The van der Waals surface area contributed by atoms with Crippen molar-refractivity contribution in [1.29, 1.82) is 0 Å². The van der Waals surface area contributed by atoms with E-state index in [1.165, 1.54) is 12.1 Å². The van der Waals surface area contributed by atoms with Crippen LogP contribution >= 0.6 is 11.6 Å². The Hall–Kier alpha value is -1.84. The van der Waals surface area contributed by atoms with E-state index in [2.05, 4.69) is 10.6 Å². The van der Waals surface area contributed by atoms with Gasteiger partial charge in [0, 0.05) is 0 Å². The van der Waals surface area contributed by atoms with E-state index in [1.54, 1.807) is 16.0 Å². The molecule has 0 saturated carbocycles. The fraction of sp³-hybridized carbons (Fsp3) is 0.235. The molecule has 1 aliphatic heterocycles. The van der Waals surface area contributed by atoms with Gasteiger partial charge in [0.25, 0.3) is 0 Å². The fourth-order valence-corrected chi connectivity index (χ4v) is 8.71. The molecule has 1 atom stereocenters. The summed E-state index contributed by atoms with van der Waals surface area (Å²) in [6, 6.07) is 3.25. The molecule has 0 spiro atoms. The Kier molecular flexibility index (Phi) is 7.88. The van der Waals surface area contributed by atoms with Gasteiger partial charge >= 0.3 is 168 Å². The third-order valence-electron chi connectivity index (χ3n) is 3.94. The minimum atomic E-state index is -2.50. The molecule has 0 aliphatic carbocycles. The molecule has 1 aliphatic rings. The van der Waals surface area contributed by atoms with Gasteiger partial charge in [-0.25, -0.2) is 0 Å². The van der Waals surface area contributed by atoms with Gasteiger partial charge in [0.1, 0.15) is 0 Å². The summed E-state index contributed by atoms with van der Waals surface area (Å²) in [7, 11) is 0. The van der Waals surface area contributed by atoms with Gasteiger partial charge in [-0.2, -0.15) is 0 Å². The molecular formula is C17H18ClFInN3O4. The predicted octanol–water partition coefficient (Wildman–Crippen LogP) is 0.127. The Morgan fingerprint density at radius 3 is 2.70 bits per heavy atom. The maximum absolute atomic E-state index is 13.8. The number of nitrogens with two attached hydrogens (primary N) is 1. The van der Waals surface area contributed by atoms with Gasteiger partial charge in [0.2, 0.25) is 0 Å². The quantitative estimate of drug-likeness (QED) is 0.408. The van der Waals surface area contributed by atoms with Crippen molar-refractivity contribution in [2.45, 2.75) is 16.8 Å². The molecule has 0 saturated heterocycles. The average molecular weight is 498 g/mol. The van der Waals surface area contributed by atoms with E-state index in [4.69, 9.17) is 17.3 Å². The summed E-state index contributed by atoms with van der Waals surface area (Å²) in [6.07, 6.45) is 1.62. The van der Waals surface area contributed by atoms with Crippen LogP contribution in [0.1, 0.15) is 5.56 Å². The molecule has 142 valence electrons. The van der Waals surface area contributed by atoms with Gasteiger partial charge in [-0.15, -0.1) is 0 Å². The van der Waals surface area contributed by atoms with E-state index in [-0.39, 0.29) is 21.3 Å². The molecule has 0 fully saturated rings. The van der Waals surface area contributed by atoms with Crippen molar-refractivity contribution in [2.24, 2.45) is 5.73 Å². The molecule has 27 heavy (non-hydrogen) atoms. The van der Waals surface area contributed by atoms with E-state index in [1.807, 2.05) is 3.83 Å². The third kappa shape index (κ3) is 6.08. The summed E-state index contributed by atoms with van der Waals surface area (Å²) in [6.45, 7) is -0.735. The minimum absolute atomic E-state index is 0.0609. The van der Waals surface area contributed by atoms with Gasteiger partial charge < -0.3 is 0 Å². The molecule has 0 bridgehead atoms. The van der Waals surface area contributed by atoms with Crippen LogP contribution in [0.3, 0.4) is 0 Å². The number of amides is 3. The van der Waals surface area contributed by atoms with Gasteiger partial charge in [0.15, 0.2) is 0 Å².